The highest BCUT2D eigenvalue weighted by molar-refractivity contribution is 5.67. The van der Waals surface area contributed by atoms with Crippen LogP contribution in [0.25, 0.3) is 11.1 Å². The van der Waals surface area contributed by atoms with E-state index in [1.807, 2.05) is 12.3 Å². The van der Waals surface area contributed by atoms with Crippen molar-refractivity contribution >= 4 is 0 Å². The van der Waals surface area contributed by atoms with Crippen LogP contribution in [0.4, 0.5) is 0 Å². The normalized spacial score (nSPS) is 16.8. The summed E-state index contributed by atoms with van der Waals surface area (Å²) < 4.78 is 12.2. The van der Waals surface area contributed by atoms with Crippen molar-refractivity contribution in [3.63, 3.8) is 0 Å². The Kier molecular flexibility index (Phi) is 10.1. The molecular weight excluding hydrogens is 418 g/mol. The Labute approximate surface area is 207 Å². The van der Waals surface area contributed by atoms with E-state index in [1.165, 1.54) is 102 Å². The first-order chi connectivity index (χ1) is 16.8. The van der Waals surface area contributed by atoms with Crippen molar-refractivity contribution in [3.05, 3.63) is 42.2 Å². The number of nitrogens with zero attached hydrogens (tertiary/aromatic N) is 1. The number of hydrogen-bond acceptors (Lipinski definition) is 3. The number of rotatable bonds is 17. The zero-order valence-electron chi connectivity index (χ0n) is 21.4. The first-order valence-electron chi connectivity index (χ1n) is 14.2. The Hall–Kier alpha value is -2.03. The van der Waals surface area contributed by atoms with Gasteiger partial charge >= 0.3 is 0 Å². The average molecular weight is 464 g/mol. The van der Waals surface area contributed by atoms with Crippen LogP contribution in [0, 0.1) is 5.92 Å². The Bertz CT molecular complexity index is 843. The second-order valence-electron chi connectivity index (χ2n) is 10.5. The Morgan fingerprint density at radius 3 is 2.12 bits per heavy atom. The Morgan fingerprint density at radius 1 is 0.706 bits per heavy atom. The van der Waals surface area contributed by atoms with Crippen LogP contribution in [-0.2, 0) is 6.42 Å². The van der Waals surface area contributed by atoms with E-state index >= 15 is 0 Å². The van der Waals surface area contributed by atoms with Gasteiger partial charge in [0.05, 0.1) is 0 Å². The summed E-state index contributed by atoms with van der Waals surface area (Å²) in [5, 5.41) is 0. The van der Waals surface area contributed by atoms with Crippen molar-refractivity contribution < 1.29 is 9.47 Å². The quantitative estimate of drug-likeness (QED) is 0.219. The van der Waals surface area contributed by atoms with Gasteiger partial charge in [-0.1, -0.05) is 103 Å². The molecule has 1 fully saturated rings. The molecule has 0 spiro atoms. The molecule has 1 saturated carbocycles. The van der Waals surface area contributed by atoms with E-state index in [1.54, 1.807) is 0 Å². The largest absolute Gasteiger partial charge is 0.451 e. The van der Waals surface area contributed by atoms with Crippen molar-refractivity contribution in [2.45, 2.75) is 122 Å². The third kappa shape index (κ3) is 8.32. The summed E-state index contributed by atoms with van der Waals surface area (Å²) in [5.41, 5.74) is 3.48. The van der Waals surface area contributed by atoms with Crippen molar-refractivity contribution in [2.24, 2.45) is 5.92 Å². The zero-order valence-corrected chi connectivity index (χ0v) is 21.4. The SMILES string of the molecule is CCCCCCCc1ccc(-c2ccc3c(c2)OC(CCCCCCCCCC2CC2)O3)cn1. The predicted octanol–water partition coefficient (Wildman–Crippen LogP) is 9.28. The predicted molar refractivity (Wildman–Crippen MR) is 141 cm³/mol. The molecule has 1 unspecified atom stereocenters. The molecule has 0 amide bonds. The van der Waals surface area contributed by atoms with Crippen LogP contribution in [0.1, 0.15) is 115 Å². The van der Waals surface area contributed by atoms with E-state index in [4.69, 9.17) is 14.5 Å². The summed E-state index contributed by atoms with van der Waals surface area (Å²) in [7, 11) is 0. The van der Waals surface area contributed by atoms with E-state index in [2.05, 4.69) is 31.2 Å². The Morgan fingerprint density at radius 2 is 1.38 bits per heavy atom. The molecule has 0 radical (unpaired) electrons. The molecule has 1 aromatic heterocycles. The van der Waals surface area contributed by atoms with Gasteiger partial charge in [-0.2, -0.15) is 0 Å². The number of aryl methyl sites for hydroxylation is 1. The maximum Gasteiger partial charge on any atom is 0.241 e. The number of ether oxygens (including phenoxy) is 2. The van der Waals surface area contributed by atoms with E-state index in [0.717, 1.165) is 41.4 Å². The highest BCUT2D eigenvalue weighted by atomic mass is 16.7. The fourth-order valence-corrected chi connectivity index (χ4v) is 4.99. The van der Waals surface area contributed by atoms with Crippen molar-refractivity contribution in [1.82, 2.24) is 4.98 Å². The van der Waals surface area contributed by atoms with Crippen molar-refractivity contribution in [1.29, 1.82) is 0 Å². The van der Waals surface area contributed by atoms with E-state index < -0.39 is 0 Å². The smallest absolute Gasteiger partial charge is 0.241 e. The molecule has 1 atom stereocenters. The fourth-order valence-electron chi connectivity index (χ4n) is 4.99. The van der Waals surface area contributed by atoms with Crippen molar-refractivity contribution in [3.8, 4) is 22.6 Å². The molecule has 0 N–H and O–H groups in total. The third-order valence-corrected chi connectivity index (χ3v) is 7.40. The highest BCUT2D eigenvalue weighted by Gasteiger charge is 2.24. The molecule has 1 aliphatic carbocycles. The third-order valence-electron chi connectivity index (χ3n) is 7.40. The second kappa shape index (κ2) is 13.8. The molecule has 4 rings (SSSR count). The summed E-state index contributed by atoms with van der Waals surface area (Å²) in [6.45, 7) is 2.26. The summed E-state index contributed by atoms with van der Waals surface area (Å²) in [6.07, 6.45) is 24.4. The molecule has 2 aromatic rings. The zero-order chi connectivity index (χ0) is 23.4. The standard InChI is InChI=1S/C31H45NO2/c1-2-3-4-8-12-15-28-21-19-27(24-32-28)26-20-22-29-30(23-26)34-31(33-29)16-13-10-7-5-6-9-11-14-25-17-18-25/h19-25,31H,2-18H2,1H3. The van der Waals surface area contributed by atoms with Crippen LogP contribution in [-0.4, -0.2) is 11.3 Å². The maximum atomic E-state index is 6.12. The first kappa shape index (κ1) is 25.1. The highest BCUT2D eigenvalue weighted by Crippen LogP contribution is 2.39. The summed E-state index contributed by atoms with van der Waals surface area (Å²) >= 11 is 0. The topological polar surface area (TPSA) is 31.4 Å². The minimum atomic E-state index is -0.128. The number of pyridine rings is 1. The molecular formula is C31H45NO2. The number of hydrogen-bond donors (Lipinski definition) is 0. The van der Waals surface area contributed by atoms with Crippen LogP contribution in [0.5, 0.6) is 11.5 Å². The lowest BCUT2D eigenvalue weighted by Crippen LogP contribution is -2.17. The molecule has 34 heavy (non-hydrogen) atoms. The molecule has 2 heterocycles. The number of fused-ring (bicyclic) bond motifs is 1. The van der Waals surface area contributed by atoms with Gasteiger partial charge in [-0.3, -0.25) is 4.98 Å². The van der Waals surface area contributed by atoms with E-state index in [-0.39, 0.29) is 6.29 Å². The van der Waals surface area contributed by atoms with Gasteiger partial charge in [0.25, 0.3) is 0 Å². The summed E-state index contributed by atoms with van der Waals surface area (Å²) in [5.74, 6) is 2.85. The van der Waals surface area contributed by atoms with E-state index in [0.29, 0.717) is 0 Å². The molecule has 3 heteroatoms. The van der Waals surface area contributed by atoms with Gasteiger partial charge in [-0.05, 0) is 48.9 Å². The van der Waals surface area contributed by atoms with Crippen LogP contribution in [0.15, 0.2) is 36.5 Å². The summed E-state index contributed by atoms with van der Waals surface area (Å²) in [6, 6.07) is 10.6. The minimum Gasteiger partial charge on any atom is -0.451 e. The molecule has 1 aromatic carbocycles. The van der Waals surface area contributed by atoms with Gasteiger partial charge < -0.3 is 9.47 Å². The number of aromatic nitrogens is 1. The minimum absolute atomic E-state index is 0.128. The average Bonchev–Trinajstić information content (AvgIpc) is 3.60. The molecule has 2 aliphatic rings. The van der Waals surface area contributed by atoms with Gasteiger partial charge in [0.1, 0.15) is 0 Å². The Balaban J connectivity index is 1.12. The van der Waals surface area contributed by atoms with Crippen LogP contribution in [0.3, 0.4) is 0 Å². The fraction of sp³-hybridized carbons (Fsp3) is 0.645. The first-order valence-corrected chi connectivity index (χ1v) is 14.2. The molecule has 0 bridgehead atoms. The van der Waals surface area contributed by atoms with E-state index in [9.17, 15) is 0 Å². The van der Waals surface area contributed by atoms with Gasteiger partial charge in [0.2, 0.25) is 6.29 Å². The van der Waals surface area contributed by atoms with Gasteiger partial charge in [0, 0.05) is 23.9 Å². The number of benzene rings is 1. The summed E-state index contributed by atoms with van der Waals surface area (Å²) in [4.78, 5) is 4.70. The molecule has 1 aliphatic heterocycles. The van der Waals surface area contributed by atoms with Crippen LogP contribution >= 0.6 is 0 Å². The number of unbranched alkanes of at least 4 members (excludes halogenated alkanes) is 10. The lowest BCUT2D eigenvalue weighted by atomic mass is 10.1. The lowest BCUT2D eigenvalue weighted by Gasteiger charge is -2.09. The lowest BCUT2D eigenvalue weighted by molar-refractivity contribution is 0.0395. The van der Waals surface area contributed by atoms with Crippen LogP contribution < -0.4 is 9.47 Å². The van der Waals surface area contributed by atoms with Crippen molar-refractivity contribution in [2.75, 3.05) is 0 Å². The molecule has 0 saturated heterocycles. The monoisotopic (exact) mass is 463 g/mol. The van der Waals surface area contributed by atoms with Crippen LogP contribution in [0.2, 0.25) is 0 Å². The molecule has 3 nitrogen and oxygen atoms in total. The van der Waals surface area contributed by atoms with Gasteiger partial charge in [-0.15, -0.1) is 0 Å². The molecule has 186 valence electrons. The van der Waals surface area contributed by atoms with Gasteiger partial charge in [-0.25, -0.2) is 0 Å². The second-order valence-corrected chi connectivity index (χ2v) is 10.5. The van der Waals surface area contributed by atoms with Gasteiger partial charge in [0.15, 0.2) is 11.5 Å². The maximum absolute atomic E-state index is 6.12.